The molecule has 1 heterocycles. The van der Waals surface area contributed by atoms with E-state index in [9.17, 15) is 9.18 Å². The predicted octanol–water partition coefficient (Wildman–Crippen LogP) is 3.20. The molecule has 1 aromatic heterocycles. The van der Waals surface area contributed by atoms with E-state index in [1.54, 1.807) is 11.3 Å². The van der Waals surface area contributed by atoms with Crippen LogP contribution in [0.5, 0.6) is 0 Å². The molecule has 4 rings (SSSR count). The predicted molar refractivity (Wildman–Crippen MR) is 110 cm³/mol. The van der Waals surface area contributed by atoms with Crippen LogP contribution in [0.4, 0.5) is 4.39 Å². The molecule has 2 aromatic carbocycles. The van der Waals surface area contributed by atoms with E-state index in [1.807, 2.05) is 49.2 Å². The molecule has 0 saturated heterocycles. The standard InChI is InChI=1S/C22H24FN3OS/c1-15(22-24-19-5-3-4-6-20(19)28-22)25(2)21(27)14-26(18-11-12-18)13-16-7-9-17(23)10-8-16/h3-10,15,18H,11-14H2,1-2H3/p+1/t15-/m0/s1. The Labute approximate surface area is 168 Å². The minimum absolute atomic E-state index is 0.0591. The monoisotopic (exact) mass is 398 g/mol. The summed E-state index contributed by atoms with van der Waals surface area (Å²) in [6.07, 6.45) is 2.31. The van der Waals surface area contributed by atoms with E-state index in [2.05, 4.69) is 6.07 Å². The van der Waals surface area contributed by atoms with Crippen LogP contribution >= 0.6 is 11.3 Å². The molecule has 3 aromatic rings. The lowest BCUT2D eigenvalue weighted by molar-refractivity contribution is -0.917. The van der Waals surface area contributed by atoms with E-state index < -0.39 is 0 Å². The largest absolute Gasteiger partial charge is 0.332 e. The number of likely N-dealkylation sites (N-methyl/N-ethyl adjacent to an activating group) is 1. The van der Waals surface area contributed by atoms with Crippen LogP contribution in [0.3, 0.4) is 0 Å². The number of nitrogens with one attached hydrogen (secondary N) is 1. The fraction of sp³-hybridized carbons (Fsp3) is 0.364. The Balaban J connectivity index is 1.43. The van der Waals surface area contributed by atoms with Gasteiger partial charge in [-0.25, -0.2) is 9.37 Å². The highest BCUT2D eigenvalue weighted by molar-refractivity contribution is 7.18. The fourth-order valence-corrected chi connectivity index (χ4v) is 4.54. The second-order valence-corrected chi connectivity index (χ2v) is 8.68. The van der Waals surface area contributed by atoms with Crippen molar-refractivity contribution in [1.82, 2.24) is 9.88 Å². The van der Waals surface area contributed by atoms with Gasteiger partial charge in [0.05, 0.1) is 22.3 Å². The van der Waals surface area contributed by atoms with Crippen LogP contribution in [0.1, 0.15) is 36.4 Å². The Morgan fingerprint density at radius 1 is 1.25 bits per heavy atom. The maximum absolute atomic E-state index is 13.2. The van der Waals surface area contributed by atoms with Crippen molar-refractivity contribution in [1.29, 1.82) is 0 Å². The molecular weight excluding hydrogens is 373 g/mol. The molecule has 1 aliphatic rings. The van der Waals surface area contributed by atoms with Crippen LogP contribution < -0.4 is 4.90 Å². The Morgan fingerprint density at radius 2 is 1.96 bits per heavy atom. The zero-order valence-corrected chi connectivity index (χ0v) is 17.0. The van der Waals surface area contributed by atoms with E-state index in [0.29, 0.717) is 12.6 Å². The van der Waals surface area contributed by atoms with E-state index in [1.165, 1.54) is 17.0 Å². The lowest BCUT2D eigenvalue weighted by Crippen LogP contribution is -3.13. The second-order valence-electron chi connectivity index (χ2n) is 7.61. The summed E-state index contributed by atoms with van der Waals surface area (Å²) in [4.78, 5) is 20.8. The SMILES string of the molecule is C[C@@H](c1nc2ccccc2s1)N(C)C(=O)C[NH+](Cc1ccc(F)cc1)C1CC1. The highest BCUT2D eigenvalue weighted by Crippen LogP contribution is 2.28. The molecule has 0 spiro atoms. The number of aromatic nitrogens is 1. The molecule has 0 aliphatic heterocycles. The number of hydrogen-bond donors (Lipinski definition) is 1. The van der Waals surface area contributed by atoms with Gasteiger partial charge in [0.1, 0.15) is 17.4 Å². The van der Waals surface area contributed by atoms with Gasteiger partial charge in [0.15, 0.2) is 6.54 Å². The molecule has 1 fully saturated rings. The van der Waals surface area contributed by atoms with Crippen LogP contribution in [0, 0.1) is 5.82 Å². The first kappa shape index (κ1) is 19.0. The lowest BCUT2D eigenvalue weighted by Gasteiger charge is -2.26. The smallest absolute Gasteiger partial charge is 0.278 e. The van der Waals surface area contributed by atoms with Gasteiger partial charge in [0.2, 0.25) is 0 Å². The van der Waals surface area contributed by atoms with Crippen molar-refractivity contribution in [3.05, 3.63) is 64.9 Å². The van der Waals surface area contributed by atoms with Gasteiger partial charge in [-0.15, -0.1) is 11.3 Å². The number of benzene rings is 2. The van der Waals surface area contributed by atoms with E-state index in [0.717, 1.165) is 40.2 Å². The fourth-order valence-electron chi connectivity index (χ4n) is 3.48. The normalized spacial score (nSPS) is 16.1. The van der Waals surface area contributed by atoms with Crippen molar-refractivity contribution in [2.45, 2.75) is 38.4 Å². The quantitative estimate of drug-likeness (QED) is 0.664. The molecule has 6 heteroatoms. The number of halogens is 1. The summed E-state index contributed by atoms with van der Waals surface area (Å²) in [5, 5.41) is 0.962. The lowest BCUT2D eigenvalue weighted by atomic mass is 10.2. The Morgan fingerprint density at radius 3 is 2.64 bits per heavy atom. The Kier molecular flexibility index (Phi) is 5.42. The summed E-state index contributed by atoms with van der Waals surface area (Å²) in [6, 6.07) is 15.1. The summed E-state index contributed by atoms with van der Waals surface area (Å²) in [5.41, 5.74) is 2.05. The van der Waals surface area contributed by atoms with E-state index >= 15 is 0 Å². The van der Waals surface area contributed by atoms with Crippen LogP contribution in [0.25, 0.3) is 10.2 Å². The topological polar surface area (TPSA) is 37.6 Å². The Hall–Kier alpha value is -2.31. The molecule has 4 nitrogen and oxygen atoms in total. The molecule has 0 radical (unpaired) electrons. The zero-order valence-electron chi connectivity index (χ0n) is 16.2. The highest BCUT2D eigenvalue weighted by atomic mass is 32.1. The van der Waals surface area contributed by atoms with Crippen molar-refractivity contribution in [2.24, 2.45) is 0 Å². The van der Waals surface area contributed by atoms with Crippen LogP contribution in [0.2, 0.25) is 0 Å². The molecule has 2 atom stereocenters. The van der Waals surface area contributed by atoms with Gasteiger partial charge in [0, 0.05) is 25.5 Å². The molecular formula is C22H25FN3OS+. The highest BCUT2D eigenvalue weighted by Gasteiger charge is 2.36. The molecule has 1 N–H and O–H groups in total. The third kappa shape index (κ3) is 4.23. The minimum atomic E-state index is -0.225. The second kappa shape index (κ2) is 7.97. The number of para-hydroxylation sites is 1. The molecule has 28 heavy (non-hydrogen) atoms. The summed E-state index contributed by atoms with van der Waals surface area (Å²) in [6.45, 7) is 3.24. The number of quaternary nitrogens is 1. The third-order valence-corrected chi connectivity index (χ3v) is 6.73. The van der Waals surface area contributed by atoms with E-state index in [4.69, 9.17) is 4.98 Å². The summed E-state index contributed by atoms with van der Waals surface area (Å²) < 4.78 is 14.3. The average Bonchev–Trinajstić information content (AvgIpc) is 3.46. The van der Waals surface area contributed by atoms with Gasteiger partial charge in [-0.1, -0.05) is 24.3 Å². The van der Waals surface area contributed by atoms with Gasteiger partial charge in [0.25, 0.3) is 5.91 Å². The summed E-state index contributed by atoms with van der Waals surface area (Å²) in [5.74, 6) is -0.104. The molecule has 0 bridgehead atoms. The van der Waals surface area contributed by atoms with Crippen molar-refractivity contribution >= 4 is 27.5 Å². The molecule has 1 aliphatic carbocycles. The molecule has 1 saturated carbocycles. The van der Waals surface area contributed by atoms with Crippen LogP contribution in [-0.2, 0) is 11.3 Å². The number of amides is 1. The molecule has 146 valence electrons. The van der Waals surface area contributed by atoms with Crippen molar-refractivity contribution < 1.29 is 14.1 Å². The summed E-state index contributed by atoms with van der Waals surface area (Å²) >= 11 is 1.65. The van der Waals surface area contributed by atoms with E-state index in [-0.39, 0.29) is 17.8 Å². The maximum atomic E-state index is 13.2. The molecule has 1 unspecified atom stereocenters. The van der Waals surface area contributed by atoms with Crippen LogP contribution in [-0.4, -0.2) is 35.4 Å². The first-order valence-electron chi connectivity index (χ1n) is 9.71. The Bertz CT molecular complexity index is 934. The number of carbonyl (C=O) groups is 1. The number of nitrogens with zero attached hydrogens (tertiary/aromatic N) is 2. The minimum Gasteiger partial charge on any atom is -0.332 e. The van der Waals surface area contributed by atoms with Crippen molar-refractivity contribution in [2.75, 3.05) is 13.6 Å². The first-order chi connectivity index (χ1) is 13.5. The zero-order chi connectivity index (χ0) is 19.7. The number of hydrogen-bond acceptors (Lipinski definition) is 3. The summed E-state index contributed by atoms with van der Waals surface area (Å²) in [7, 11) is 1.86. The third-order valence-electron chi connectivity index (χ3n) is 5.52. The van der Waals surface area contributed by atoms with Gasteiger partial charge >= 0.3 is 0 Å². The van der Waals surface area contributed by atoms with Crippen molar-refractivity contribution in [3.8, 4) is 0 Å². The van der Waals surface area contributed by atoms with Gasteiger partial charge in [-0.3, -0.25) is 4.79 Å². The van der Waals surface area contributed by atoms with Crippen LogP contribution in [0.15, 0.2) is 48.5 Å². The molecule has 1 amide bonds. The van der Waals surface area contributed by atoms with Crippen molar-refractivity contribution in [3.63, 3.8) is 0 Å². The average molecular weight is 399 g/mol. The number of rotatable bonds is 7. The number of fused-ring (bicyclic) bond motifs is 1. The number of carbonyl (C=O) groups excluding carboxylic acids is 1. The maximum Gasteiger partial charge on any atom is 0.278 e. The van der Waals surface area contributed by atoms with Gasteiger partial charge in [-0.2, -0.15) is 0 Å². The van der Waals surface area contributed by atoms with Gasteiger partial charge < -0.3 is 9.80 Å². The van der Waals surface area contributed by atoms with Gasteiger partial charge in [-0.05, 0) is 31.2 Å². The first-order valence-corrected chi connectivity index (χ1v) is 10.5. The number of thiazole rings is 1.